The highest BCUT2D eigenvalue weighted by Crippen LogP contribution is 2.41. The lowest BCUT2D eigenvalue weighted by Crippen LogP contribution is -2.35. The maximum atomic E-state index is 6.40. The summed E-state index contributed by atoms with van der Waals surface area (Å²) in [5.74, 6) is 0. The van der Waals surface area contributed by atoms with E-state index in [1.54, 1.807) is 0 Å². The van der Waals surface area contributed by atoms with Crippen molar-refractivity contribution in [3.63, 3.8) is 0 Å². The van der Waals surface area contributed by atoms with Crippen LogP contribution in [0.4, 0.5) is 0 Å². The predicted octanol–water partition coefficient (Wildman–Crippen LogP) is 3.61. The van der Waals surface area contributed by atoms with E-state index in [2.05, 4.69) is 29.4 Å². The van der Waals surface area contributed by atoms with Crippen molar-refractivity contribution in [3.8, 4) is 0 Å². The van der Waals surface area contributed by atoms with Crippen LogP contribution in [0.5, 0.6) is 0 Å². The van der Waals surface area contributed by atoms with Gasteiger partial charge in [-0.05, 0) is 50.3 Å². The van der Waals surface area contributed by atoms with Gasteiger partial charge in [-0.15, -0.1) is 0 Å². The second kappa shape index (κ2) is 6.23. The second-order valence-electron chi connectivity index (χ2n) is 6.43. The standard InChI is InChI=1S/C17H26N2O/c1-14(15-6-11-18-12-7-15)19-13-16-5-10-17(20-16)8-3-2-4-9-17/h6-7,11-12,14,16,19H,2-5,8-10,13H2,1H3/t14-,16?/m1/s1. The van der Waals surface area contributed by atoms with Crippen LogP contribution in [0.3, 0.4) is 0 Å². The minimum atomic E-state index is 0.241. The molecule has 3 nitrogen and oxygen atoms in total. The van der Waals surface area contributed by atoms with Crippen molar-refractivity contribution in [2.24, 2.45) is 0 Å². The lowest BCUT2D eigenvalue weighted by Gasteiger charge is -2.33. The molecule has 1 saturated heterocycles. The first-order valence-electron chi connectivity index (χ1n) is 8.09. The van der Waals surface area contributed by atoms with Gasteiger partial charge < -0.3 is 10.1 Å². The van der Waals surface area contributed by atoms with Crippen molar-refractivity contribution in [2.45, 2.75) is 69.6 Å². The zero-order valence-electron chi connectivity index (χ0n) is 12.5. The van der Waals surface area contributed by atoms with Crippen LogP contribution in [0.1, 0.15) is 63.5 Å². The van der Waals surface area contributed by atoms with E-state index in [9.17, 15) is 0 Å². The first-order chi connectivity index (χ1) is 9.77. The fourth-order valence-electron chi connectivity index (χ4n) is 3.68. The van der Waals surface area contributed by atoms with Crippen molar-refractivity contribution in [1.29, 1.82) is 0 Å². The van der Waals surface area contributed by atoms with Gasteiger partial charge in [-0.1, -0.05) is 19.3 Å². The molecule has 2 fully saturated rings. The van der Waals surface area contributed by atoms with Gasteiger partial charge in [-0.2, -0.15) is 0 Å². The Morgan fingerprint density at radius 2 is 2.00 bits per heavy atom. The summed E-state index contributed by atoms with van der Waals surface area (Å²) in [6.45, 7) is 3.17. The summed E-state index contributed by atoms with van der Waals surface area (Å²) >= 11 is 0. The Kier molecular flexibility index (Phi) is 4.37. The van der Waals surface area contributed by atoms with Crippen molar-refractivity contribution >= 4 is 0 Å². The molecule has 1 aliphatic heterocycles. The van der Waals surface area contributed by atoms with Crippen LogP contribution in [0.25, 0.3) is 0 Å². The minimum Gasteiger partial charge on any atom is -0.370 e. The molecule has 1 spiro atoms. The summed E-state index contributed by atoms with van der Waals surface area (Å²) in [6.07, 6.45) is 13.3. The van der Waals surface area contributed by atoms with Crippen molar-refractivity contribution in [2.75, 3.05) is 6.54 Å². The molecule has 3 heteroatoms. The first-order valence-corrected chi connectivity index (χ1v) is 8.09. The van der Waals surface area contributed by atoms with Crippen LogP contribution < -0.4 is 5.32 Å². The quantitative estimate of drug-likeness (QED) is 0.910. The Labute approximate surface area is 122 Å². The van der Waals surface area contributed by atoms with Crippen LogP contribution >= 0.6 is 0 Å². The van der Waals surface area contributed by atoms with Gasteiger partial charge >= 0.3 is 0 Å². The van der Waals surface area contributed by atoms with Crippen LogP contribution in [0.15, 0.2) is 24.5 Å². The van der Waals surface area contributed by atoms with Gasteiger partial charge in [0.1, 0.15) is 0 Å². The maximum Gasteiger partial charge on any atom is 0.0708 e. The third kappa shape index (κ3) is 3.21. The molecular formula is C17H26N2O. The number of aromatic nitrogens is 1. The van der Waals surface area contributed by atoms with Crippen molar-refractivity contribution in [1.82, 2.24) is 10.3 Å². The Bertz CT molecular complexity index is 414. The van der Waals surface area contributed by atoms with E-state index in [1.807, 2.05) is 12.4 Å². The van der Waals surface area contributed by atoms with Crippen molar-refractivity contribution in [3.05, 3.63) is 30.1 Å². The van der Waals surface area contributed by atoms with E-state index >= 15 is 0 Å². The average molecular weight is 274 g/mol. The molecule has 110 valence electrons. The van der Waals surface area contributed by atoms with E-state index in [-0.39, 0.29) is 5.60 Å². The maximum absolute atomic E-state index is 6.40. The molecule has 1 saturated carbocycles. The topological polar surface area (TPSA) is 34.1 Å². The smallest absolute Gasteiger partial charge is 0.0708 e. The summed E-state index contributed by atoms with van der Waals surface area (Å²) in [5, 5.41) is 3.61. The molecule has 2 atom stereocenters. The Hall–Kier alpha value is -0.930. The molecule has 1 aromatic heterocycles. The van der Waals surface area contributed by atoms with E-state index in [1.165, 1.54) is 50.5 Å². The number of pyridine rings is 1. The molecule has 0 aromatic carbocycles. The lowest BCUT2D eigenvalue weighted by molar-refractivity contribution is -0.0628. The molecule has 1 aliphatic carbocycles. The molecule has 0 radical (unpaired) electrons. The Balaban J connectivity index is 1.48. The highest BCUT2D eigenvalue weighted by Gasteiger charge is 2.40. The van der Waals surface area contributed by atoms with E-state index in [4.69, 9.17) is 4.74 Å². The highest BCUT2D eigenvalue weighted by molar-refractivity contribution is 5.13. The Morgan fingerprint density at radius 3 is 2.75 bits per heavy atom. The predicted molar refractivity (Wildman–Crippen MR) is 80.6 cm³/mol. The summed E-state index contributed by atoms with van der Waals surface area (Å²) < 4.78 is 6.40. The molecule has 0 bridgehead atoms. The molecule has 2 aliphatic rings. The molecule has 1 aromatic rings. The number of ether oxygens (including phenoxy) is 1. The summed E-state index contributed by atoms with van der Waals surface area (Å²) in [7, 11) is 0. The monoisotopic (exact) mass is 274 g/mol. The van der Waals surface area contributed by atoms with E-state index in [0.29, 0.717) is 12.1 Å². The SMILES string of the molecule is C[C@@H](NCC1CCC2(CCCCC2)O1)c1ccncc1. The van der Waals surface area contributed by atoms with Gasteiger partial charge in [0.05, 0.1) is 11.7 Å². The van der Waals surface area contributed by atoms with E-state index in [0.717, 1.165) is 6.54 Å². The van der Waals surface area contributed by atoms with Gasteiger partial charge in [0, 0.05) is 25.0 Å². The molecule has 0 amide bonds. The van der Waals surface area contributed by atoms with E-state index < -0.39 is 0 Å². The van der Waals surface area contributed by atoms with Gasteiger partial charge in [0.15, 0.2) is 0 Å². The van der Waals surface area contributed by atoms with Crippen LogP contribution in [-0.4, -0.2) is 23.2 Å². The van der Waals surface area contributed by atoms with Gasteiger partial charge in [-0.3, -0.25) is 4.98 Å². The number of nitrogens with one attached hydrogen (secondary N) is 1. The first kappa shape index (κ1) is 14.0. The average Bonchev–Trinajstić information content (AvgIpc) is 2.89. The number of hydrogen-bond donors (Lipinski definition) is 1. The summed E-state index contributed by atoms with van der Waals surface area (Å²) in [6, 6.07) is 4.52. The van der Waals surface area contributed by atoms with Crippen LogP contribution in [-0.2, 0) is 4.74 Å². The van der Waals surface area contributed by atoms with Gasteiger partial charge in [-0.25, -0.2) is 0 Å². The Morgan fingerprint density at radius 1 is 1.25 bits per heavy atom. The van der Waals surface area contributed by atoms with Gasteiger partial charge in [0.25, 0.3) is 0 Å². The number of nitrogens with zero attached hydrogens (tertiary/aromatic N) is 1. The molecular weight excluding hydrogens is 248 g/mol. The molecule has 20 heavy (non-hydrogen) atoms. The fraction of sp³-hybridized carbons (Fsp3) is 0.706. The summed E-state index contributed by atoms with van der Waals surface area (Å²) in [4.78, 5) is 4.07. The molecule has 2 heterocycles. The van der Waals surface area contributed by atoms with Crippen LogP contribution in [0.2, 0.25) is 0 Å². The van der Waals surface area contributed by atoms with Crippen molar-refractivity contribution < 1.29 is 4.74 Å². The minimum absolute atomic E-state index is 0.241. The number of rotatable bonds is 4. The largest absolute Gasteiger partial charge is 0.370 e. The molecule has 1 N–H and O–H groups in total. The fourth-order valence-corrected chi connectivity index (χ4v) is 3.68. The summed E-state index contributed by atoms with van der Waals surface area (Å²) in [5.41, 5.74) is 1.54. The zero-order valence-corrected chi connectivity index (χ0v) is 12.5. The van der Waals surface area contributed by atoms with Crippen LogP contribution in [0, 0.1) is 0 Å². The third-order valence-electron chi connectivity index (χ3n) is 4.96. The lowest BCUT2D eigenvalue weighted by atomic mass is 9.83. The third-order valence-corrected chi connectivity index (χ3v) is 4.96. The second-order valence-corrected chi connectivity index (χ2v) is 6.43. The zero-order chi connectivity index (χ0) is 13.8. The normalized spacial score (nSPS) is 26.8. The molecule has 1 unspecified atom stereocenters. The molecule has 3 rings (SSSR count). The van der Waals surface area contributed by atoms with Gasteiger partial charge in [0.2, 0.25) is 0 Å². The number of hydrogen-bond acceptors (Lipinski definition) is 3. The highest BCUT2D eigenvalue weighted by atomic mass is 16.5.